The number of aliphatic hydroxyl groups excluding tert-OH is 1. The third-order valence-corrected chi connectivity index (χ3v) is 2.38. The van der Waals surface area contributed by atoms with E-state index in [2.05, 4.69) is 27.7 Å². The molecule has 0 saturated carbocycles. The molecule has 1 heterocycles. The molecule has 1 aromatic rings. The fraction of sp³-hybridized carbons (Fsp3) is 0.889. The van der Waals surface area contributed by atoms with Crippen molar-refractivity contribution in [3.05, 3.63) is 5.82 Å². The van der Waals surface area contributed by atoms with Gasteiger partial charge in [-0.15, -0.1) is 10.2 Å². The quantitative estimate of drug-likeness (QED) is 0.651. The van der Waals surface area contributed by atoms with Crippen LogP contribution < -0.4 is 5.32 Å². The third-order valence-electron chi connectivity index (χ3n) is 2.38. The largest absolute Gasteiger partial charge is 0.396 e. The maximum Gasteiger partial charge on any atom is 0.188 e. The predicted octanol–water partition coefficient (Wildman–Crippen LogP) is -0.292. The molecule has 1 aromatic heterocycles. The molecular weight excluding hydrogens is 194 g/mol. The Morgan fingerprint density at radius 3 is 2.87 bits per heavy atom. The van der Waals surface area contributed by atoms with Crippen LogP contribution >= 0.6 is 0 Å². The van der Waals surface area contributed by atoms with E-state index in [0.717, 1.165) is 19.4 Å². The first-order valence-corrected chi connectivity index (χ1v) is 5.30. The van der Waals surface area contributed by atoms with Gasteiger partial charge in [0.1, 0.15) is 0 Å². The van der Waals surface area contributed by atoms with E-state index in [-0.39, 0.29) is 6.61 Å². The third kappa shape index (κ3) is 4.35. The average Bonchev–Trinajstić information content (AvgIpc) is 2.63. The maximum absolute atomic E-state index is 8.82. The molecule has 1 rings (SSSR count). The van der Waals surface area contributed by atoms with Gasteiger partial charge in [-0.25, -0.2) is 0 Å². The highest BCUT2D eigenvalue weighted by Gasteiger charge is 2.06. The van der Waals surface area contributed by atoms with Gasteiger partial charge in [0, 0.05) is 6.61 Å². The summed E-state index contributed by atoms with van der Waals surface area (Å²) in [4.78, 5) is 1.45. The highest BCUT2D eigenvalue weighted by Crippen LogP contribution is 2.05. The Morgan fingerprint density at radius 1 is 1.53 bits per heavy atom. The zero-order valence-electron chi connectivity index (χ0n) is 9.35. The van der Waals surface area contributed by atoms with Gasteiger partial charge in [-0.05, 0) is 24.1 Å². The van der Waals surface area contributed by atoms with E-state index in [1.165, 1.54) is 4.80 Å². The topological polar surface area (TPSA) is 75.9 Å². The SMILES string of the molecule is CCC(CCO)CNCc1nnn(C)n1. The van der Waals surface area contributed by atoms with Crippen LogP contribution in [0.4, 0.5) is 0 Å². The molecule has 0 aliphatic heterocycles. The number of hydrogen-bond acceptors (Lipinski definition) is 5. The summed E-state index contributed by atoms with van der Waals surface area (Å²) in [6.45, 7) is 3.90. The molecule has 2 N–H and O–H groups in total. The zero-order chi connectivity index (χ0) is 11.1. The molecule has 15 heavy (non-hydrogen) atoms. The van der Waals surface area contributed by atoms with Crippen molar-refractivity contribution in [2.45, 2.75) is 26.3 Å². The van der Waals surface area contributed by atoms with Crippen LogP contribution in [0.2, 0.25) is 0 Å². The Bertz CT molecular complexity index is 275. The maximum atomic E-state index is 8.82. The Kier molecular flexibility index (Phi) is 5.20. The van der Waals surface area contributed by atoms with Crippen LogP contribution in [-0.2, 0) is 13.6 Å². The van der Waals surface area contributed by atoms with E-state index >= 15 is 0 Å². The summed E-state index contributed by atoms with van der Waals surface area (Å²) < 4.78 is 0. The lowest BCUT2D eigenvalue weighted by Crippen LogP contribution is -2.23. The first-order chi connectivity index (χ1) is 7.26. The second-order valence-electron chi connectivity index (χ2n) is 3.61. The summed E-state index contributed by atoms with van der Waals surface area (Å²) in [6.07, 6.45) is 1.92. The van der Waals surface area contributed by atoms with Crippen molar-refractivity contribution in [3.63, 3.8) is 0 Å². The monoisotopic (exact) mass is 213 g/mol. The lowest BCUT2D eigenvalue weighted by atomic mass is 10.0. The fourth-order valence-electron chi connectivity index (χ4n) is 1.42. The lowest BCUT2D eigenvalue weighted by molar-refractivity contribution is 0.251. The van der Waals surface area contributed by atoms with Crippen LogP contribution in [0.25, 0.3) is 0 Å². The predicted molar refractivity (Wildman–Crippen MR) is 56.0 cm³/mol. The van der Waals surface area contributed by atoms with Crippen molar-refractivity contribution >= 4 is 0 Å². The molecular formula is C9H19N5O. The summed E-state index contributed by atoms with van der Waals surface area (Å²) in [5.41, 5.74) is 0. The van der Waals surface area contributed by atoms with Crippen molar-refractivity contribution in [2.75, 3.05) is 13.2 Å². The van der Waals surface area contributed by atoms with Gasteiger partial charge in [0.15, 0.2) is 5.82 Å². The van der Waals surface area contributed by atoms with Crippen molar-refractivity contribution in [3.8, 4) is 0 Å². The minimum Gasteiger partial charge on any atom is -0.396 e. The minimum atomic E-state index is 0.254. The van der Waals surface area contributed by atoms with E-state index in [1.807, 2.05) is 0 Å². The van der Waals surface area contributed by atoms with E-state index in [9.17, 15) is 0 Å². The van der Waals surface area contributed by atoms with E-state index < -0.39 is 0 Å². The van der Waals surface area contributed by atoms with Gasteiger partial charge in [-0.2, -0.15) is 4.80 Å². The molecule has 0 aliphatic rings. The normalized spacial score (nSPS) is 13.0. The summed E-state index contributed by atoms with van der Waals surface area (Å²) in [7, 11) is 1.75. The van der Waals surface area contributed by atoms with Crippen molar-refractivity contribution in [1.29, 1.82) is 0 Å². The molecule has 1 atom stereocenters. The number of aryl methyl sites for hydroxylation is 1. The Morgan fingerprint density at radius 2 is 2.33 bits per heavy atom. The van der Waals surface area contributed by atoms with Crippen molar-refractivity contribution < 1.29 is 5.11 Å². The van der Waals surface area contributed by atoms with E-state index in [4.69, 9.17) is 5.11 Å². The molecule has 0 aliphatic carbocycles. The lowest BCUT2D eigenvalue weighted by Gasteiger charge is -2.12. The minimum absolute atomic E-state index is 0.254. The average molecular weight is 213 g/mol. The van der Waals surface area contributed by atoms with Gasteiger partial charge in [0.2, 0.25) is 0 Å². The van der Waals surface area contributed by atoms with Crippen LogP contribution in [0.3, 0.4) is 0 Å². The molecule has 86 valence electrons. The molecule has 0 spiro atoms. The number of rotatable bonds is 7. The summed E-state index contributed by atoms with van der Waals surface area (Å²) in [5.74, 6) is 1.23. The van der Waals surface area contributed by atoms with Crippen molar-refractivity contribution in [2.24, 2.45) is 13.0 Å². The zero-order valence-corrected chi connectivity index (χ0v) is 9.35. The molecule has 1 unspecified atom stereocenters. The van der Waals surface area contributed by atoms with Gasteiger partial charge in [-0.3, -0.25) is 0 Å². The molecule has 0 radical (unpaired) electrons. The van der Waals surface area contributed by atoms with Gasteiger partial charge in [-0.1, -0.05) is 13.3 Å². The Balaban J connectivity index is 2.20. The number of aromatic nitrogens is 4. The summed E-state index contributed by atoms with van der Waals surface area (Å²) in [6, 6.07) is 0. The molecule has 0 fully saturated rings. The smallest absolute Gasteiger partial charge is 0.188 e. The highest BCUT2D eigenvalue weighted by molar-refractivity contribution is 4.75. The number of hydrogen-bond donors (Lipinski definition) is 2. The Labute approximate surface area is 89.7 Å². The standard InChI is InChI=1S/C9H19N5O/c1-3-8(4-5-15)6-10-7-9-11-13-14(2)12-9/h8,10,15H,3-7H2,1-2H3. The van der Waals surface area contributed by atoms with E-state index in [1.54, 1.807) is 7.05 Å². The van der Waals surface area contributed by atoms with Gasteiger partial charge >= 0.3 is 0 Å². The summed E-state index contributed by atoms with van der Waals surface area (Å²) >= 11 is 0. The van der Waals surface area contributed by atoms with Crippen LogP contribution in [0.5, 0.6) is 0 Å². The number of tetrazole rings is 1. The van der Waals surface area contributed by atoms with Gasteiger partial charge in [0.05, 0.1) is 13.6 Å². The fourth-order valence-corrected chi connectivity index (χ4v) is 1.42. The van der Waals surface area contributed by atoms with Crippen LogP contribution in [0, 0.1) is 5.92 Å². The molecule has 6 nitrogen and oxygen atoms in total. The number of nitrogens with zero attached hydrogens (tertiary/aromatic N) is 4. The van der Waals surface area contributed by atoms with E-state index in [0.29, 0.717) is 18.3 Å². The van der Waals surface area contributed by atoms with Crippen molar-refractivity contribution in [1.82, 2.24) is 25.5 Å². The molecule has 0 saturated heterocycles. The van der Waals surface area contributed by atoms with Crippen LogP contribution in [0.15, 0.2) is 0 Å². The highest BCUT2D eigenvalue weighted by atomic mass is 16.3. The first kappa shape index (κ1) is 12.1. The summed E-state index contributed by atoms with van der Waals surface area (Å²) in [5, 5.41) is 23.8. The number of aliphatic hydroxyl groups is 1. The molecule has 0 bridgehead atoms. The second kappa shape index (κ2) is 6.47. The molecule has 6 heteroatoms. The molecule has 0 amide bonds. The molecule has 0 aromatic carbocycles. The van der Waals surface area contributed by atoms with Crippen LogP contribution in [0.1, 0.15) is 25.6 Å². The Hall–Kier alpha value is -1.01. The van der Waals surface area contributed by atoms with Gasteiger partial charge in [0.25, 0.3) is 0 Å². The number of nitrogens with one attached hydrogen (secondary N) is 1. The van der Waals surface area contributed by atoms with Gasteiger partial charge < -0.3 is 10.4 Å². The first-order valence-electron chi connectivity index (χ1n) is 5.30. The van der Waals surface area contributed by atoms with Crippen LogP contribution in [-0.4, -0.2) is 38.5 Å². The second-order valence-corrected chi connectivity index (χ2v) is 3.61.